The highest BCUT2D eigenvalue weighted by atomic mass is 19.1. The number of rotatable bonds is 2. The number of nitrogens with zero attached hydrogens (tertiary/aromatic N) is 1. The number of hydrogen-bond acceptors (Lipinski definition) is 1. The largest absolute Gasteiger partial charge is 0.455 e. The van der Waals surface area contributed by atoms with Gasteiger partial charge in [0.2, 0.25) is 5.69 Å². The summed E-state index contributed by atoms with van der Waals surface area (Å²) in [5, 5.41) is 1.01. The zero-order valence-electron chi connectivity index (χ0n) is 16.2. The van der Waals surface area contributed by atoms with Crippen molar-refractivity contribution in [3.05, 3.63) is 64.9 Å². The molecule has 4 heteroatoms. The average molecular weight is 366 g/mol. The van der Waals surface area contributed by atoms with Crippen molar-refractivity contribution in [2.24, 2.45) is 7.05 Å². The second-order valence-corrected chi connectivity index (χ2v) is 7.52. The van der Waals surface area contributed by atoms with Gasteiger partial charge in [0.1, 0.15) is 29.8 Å². The van der Waals surface area contributed by atoms with Crippen molar-refractivity contribution >= 4 is 21.9 Å². The minimum absolute atomic E-state index is 0.0131. The molecule has 0 saturated carbocycles. The third kappa shape index (κ3) is 2.62. The Kier molecular flexibility index (Phi) is 4.02. The first-order valence-electron chi connectivity index (χ1n) is 9.10. The molecule has 2 nitrogen and oxygen atoms in total. The molecule has 0 fully saturated rings. The van der Waals surface area contributed by atoms with E-state index in [-0.39, 0.29) is 11.1 Å². The molecule has 2 aromatic carbocycles. The lowest BCUT2D eigenvalue weighted by Crippen LogP contribution is -2.31. The van der Waals surface area contributed by atoms with E-state index in [0.717, 1.165) is 16.8 Å². The average Bonchev–Trinajstić information content (AvgIpc) is 2.98. The highest BCUT2D eigenvalue weighted by Gasteiger charge is 2.23. The van der Waals surface area contributed by atoms with E-state index in [1.807, 2.05) is 26.1 Å². The summed E-state index contributed by atoms with van der Waals surface area (Å²) in [5.74, 6) is -0.726. The second-order valence-electron chi connectivity index (χ2n) is 7.52. The molecule has 0 saturated heterocycles. The van der Waals surface area contributed by atoms with E-state index < -0.39 is 11.6 Å². The van der Waals surface area contributed by atoms with E-state index >= 15 is 0 Å². The summed E-state index contributed by atoms with van der Waals surface area (Å²) in [5.41, 5.74) is 4.96. The van der Waals surface area contributed by atoms with Crippen LogP contribution in [0.5, 0.6) is 0 Å². The fourth-order valence-corrected chi connectivity index (χ4v) is 3.67. The maximum Gasteiger partial charge on any atom is 0.216 e. The molecule has 2 aromatic heterocycles. The minimum Gasteiger partial charge on any atom is -0.455 e. The van der Waals surface area contributed by atoms with Crippen LogP contribution in [0.3, 0.4) is 0 Å². The molecule has 0 atom stereocenters. The third-order valence-corrected chi connectivity index (χ3v) is 5.34. The predicted octanol–water partition coefficient (Wildman–Crippen LogP) is 6.10. The summed E-state index contributed by atoms with van der Waals surface area (Å²) < 4.78 is 36.8. The molecule has 0 radical (unpaired) electrons. The molecular weight excluding hydrogens is 344 g/mol. The van der Waals surface area contributed by atoms with Crippen molar-refractivity contribution in [1.82, 2.24) is 0 Å². The predicted molar refractivity (Wildman–Crippen MR) is 104 cm³/mol. The molecule has 0 bridgehead atoms. The minimum atomic E-state index is -0.593. The molecular formula is C23H22F2NO+. The summed E-state index contributed by atoms with van der Waals surface area (Å²) in [6.07, 6.45) is 2.10. The van der Waals surface area contributed by atoms with Crippen LogP contribution in [0.2, 0.25) is 0 Å². The number of aryl methyl sites for hydroxylation is 2. The summed E-state index contributed by atoms with van der Waals surface area (Å²) in [4.78, 5) is 0. The number of furan rings is 1. The molecule has 0 spiro atoms. The van der Waals surface area contributed by atoms with Crippen LogP contribution in [0.25, 0.3) is 33.2 Å². The van der Waals surface area contributed by atoms with E-state index in [2.05, 4.69) is 36.7 Å². The van der Waals surface area contributed by atoms with Crippen molar-refractivity contribution in [3.8, 4) is 11.3 Å². The van der Waals surface area contributed by atoms with Gasteiger partial charge in [0.05, 0.1) is 10.9 Å². The Hall–Kier alpha value is -2.75. The topological polar surface area (TPSA) is 17.0 Å². The number of pyridine rings is 1. The van der Waals surface area contributed by atoms with E-state index in [9.17, 15) is 8.78 Å². The van der Waals surface area contributed by atoms with Crippen LogP contribution in [-0.4, -0.2) is 0 Å². The number of halogens is 2. The SMILES string of the molecule is Cc1ccc2c(oc3cc(F)c(C)c(F)c32)c1-c1ccc(C(C)C)c[n+]1C. The Morgan fingerprint density at radius 1 is 1.04 bits per heavy atom. The standard InChI is InChI=1S/C23H22F2NO/c1-12(2)15-7-9-18(26(5)11-15)20-13(3)6-8-16-21-19(27-23(16)20)10-17(24)14(4)22(21)25/h6-12H,1-5H3/q+1. The van der Waals surface area contributed by atoms with E-state index in [4.69, 9.17) is 4.42 Å². The maximum atomic E-state index is 14.8. The van der Waals surface area contributed by atoms with Gasteiger partial charge >= 0.3 is 0 Å². The normalized spacial score (nSPS) is 11.9. The summed E-state index contributed by atoms with van der Waals surface area (Å²) in [7, 11) is 1.99. The Morgan fingerprint density at radius 2 is 1.78 bits per heavy atom. The highest BCUT2D eigenvalue weighted by molar-refractivity contribution is 6.10. The molecule has 0 aliphatic heterocycles. The Morgan fingerprint density at radius 3 is 2.44 bits per heavy atom. The molecule has 0 aliphatic rings. The van der Waals surface area contributed by atoms with Crippen LogP contribution in [-0.2, 0) is 7.05 Å². The van der Waals surface area contributed by atoms with Gasteiger partial charge in [0.25, 0.3) is 0 Å². The monoisotopic (exact) mass is 366 g/mol. The van der Waals surface area contributed by atoms with Gasteiger partial charge in [-0.15, -0.1) is 0 Å². The molecule has 4 aromatic rings. The van der Waals surface area contributed by atoms with Crippen molar-refractivity contribution in [2.75, 3.05) is 0 Å². The van der Waals surface area contributed by atoms with E-state index in [1.54, 1.807) is 0 Å². The first-order chi connectivity index (χ1) is 12.8. The fourth-order valence-electron chi connectivity index (χ4n) is 3.67. The van der Waals surface area contributed by atoms with Gasteiger partial charge in [0.15, 0.2) is 6.20 Å². The van der Waals surface area contributed by atoms with Crippen molar-refractivity contribution < 1.29 is 17.8 Å². The molecule has 0 aliphatic carbocycles. The fraction of sp³-hybridized carbons (Fsp3) is 0.261. The first kappa shape index (κ1) is 17.7. The first-order valence-corrected chi connectivity index (χ1v) is 9.10. The van der Waals surface area contributed by atoms with Crippen LogP contribution in [0.1, 0.15) is 36.5 Å². The highest BCUT2D eigenvalue weighted by Crippen LogP contribution is 2.39. The number of hydrogen-bond donors (Lipinski definition) is 0. The summed E-state index contributed by atoms with van der Waals surface area (Å²) >= 11 is 0. The van der Waals surface area contributed by atoms with Crippen LogP contribution in [0.4, 0.5) is 8.78 Å². The van der Waals surface area contributed by atoms with Crippen molar-refractivity contribution in [2.45, 2.75) is 33.6 Å². The summed E-state index contributed by atoms with van der Waals surface area (Å²) in [6.45, 7) is 7.75. The molecule has 0 N–H and O–H groups in total. The van der Waals surface area contributed by atoms with Gasteiger partial charge in [-0.3, -0.25) is 0 Å². The van der Waals surface area contributed by atoms with Crippen molar-refractivity contribution in [3.63, 3.8) is 0 Å². The van der Waals surface area contributed by atoms with Crippen molar-refractivity contribution in [1.29, 1.82) is 0 Å². The molecule has 27 heavy (non-hydrogen) atoms. The zero-order chi connectivity index (χ0) is 19.5. The molecule has 4 rings (SSSR count). The smallest absolute Gasteiger partial charge is 0.216 e. The lowest BCUT2D eigenvalue weighted by atomic mass is 9.98. The zero-order valence-corrected chi connectivity index (χ0v) is 16.2. The van der Waals surface area contributed by atoms with E-state index in [1.165, 1.54) is 18.6 Å². The van der Waals surface area contributed by atoms with Gasteiger partial charge in [0, 0.05) is 28.6 Å². The Labute approximate surface area is 157 Å². The quantitative estimate of drug-likeness (QED) is 0.392. The van der Waals surface area contributed by atoms with Crippen LogP contribution < -0.4 is 4.57 Å². The lowest BCUT2D eigenvalue weighted by Gasteiger charge is -2.08. The van der Waals surface area contributed by atoms with Gasteiger partial charge in [-0.25, -0.2) is 13.3 Å². The Balaban J connectivity index is 2.09. The molecule has 138 valence electrons. The maximum absolute atomic E-state index is 14.8. The van der Waals surface area contributed by atoms with E-state index in [0.29, 0.717) is 22.3 Å². The van der Waals surface area contributed by atoms with Crippen LogP contribution in [0.15, 0.2) is 40.9 Å². The van der Waals surface area contributed by atoms with Gasteiger partial charge < -0.3 is 4.42 Å². The molecule has 0 amide bonds. The van der Waals surface area contributed by atoms with Gasteiger partial charge in [-0.1, -0.05) is 26.0 Å². The second kappa shape index (κ2) is 6.15. The van der Waals surface area contributed by atoms with Gasteiger partial charge in [-0.2, -0.15) is 0 Å². The number of fused-ring (bicyclic) bond motifs is 3. The lowest BCUT2D eigenvalue weighted by molar-refractivity contribution is -0.660. The van der Waals surface area contributed by atoms with Crippen LogP contribution in [0, 0.1) is 25.5 Å². The van der Waals surface area contributed by atoms with Crippen LogP contribution >= 0.6 is 0 Å². The molecule has 0 unspecified atom stereocenters. The van der Waals surface area contributed by atoms with Gasteiger partial charge in [-0.05, 0) is 31.4 Å². The third-order valence-electron chi connectivity index (χ3n) is 5.34. The number of aromatic nitrogens is 1. The Bertz CT molecular complexity index is 1200. The molecule has 2 heterocycles. The summed E-state index contributed by atoms with van der Waals surface area (Å²) in [6, 6.07) is 9.25. The number of benzene rings is 2.